The zero-order valence-corrected chi connectivity index (χ0v) is 14.9. The quantitative estimate of drug-likeness (QED) is 0.646. The van der Waals surface area contributed by atoms with Gasteiger partial charge < -0.3 is 10.1 Å². The molecule has 1 N–H and O–H groups in total. The SMILES string of the molecule is Cc1ccc(C)c(NC(=O)COC(=O)CN2C(=O)c3ccccc3C2=O)c1. The summed E-state index contributed by atoms with van der Waals surface area (Å²) in [5.41, 5.74) is 3.01. The Morgan fingerprint density at radius 2 is 1.63 bits per heavy atom. The van der Waals surface area contributed by atoms with Gasteiger partial charge >= 0.3 is 5.97 Å². The number of nitrogens with zero attached hydrogens (tertiary/aromatic N) is 1. The second-order valence-corrected chi connectivity index (χ2v) is 6.27. The van der Waals surface area contributed by atoms with Gasteiger partial charge in [0.05, 0.1) is 11.1 Å². The van der Waals surface area contributed by atoms with Gasteiger partial charge in [0.2, 0.25) is 0 Å². The van der Waals surface area contributed by atoms with Crippen molar-refractivity contribution in [3.8, 4) is 0 Å². The van der Waals surface area contributed by atoms with E-state index in [0.29, 0.717) is 5.69 Å². The number of aryl methyl sites for hydroxylation is 2. The van der Waals surface area contributed by atoms with Crippen LogP contribution in [0.4, 0.5) is 5.69 Å². The van der Waals surface area contributed by atoms with Gasteiger partial charge in [-0.3, -0.25) is 24.1 Å². The van der Waals surface area contributed by atoms with E-state index in [1.54, 1.807) is 12.1 Å². The van der Waals surface area contributed by atoms with Crippen LogP contribution in [0, 0.1) is 13.8 Å². The first-order valence-electron chi connectivity index (χ1n) is 8.35. The molecule has 0 saturated carbocycles. The molecule has 0 aromatic heterocycles. The number of carbonyl (C=O) groups excluding carboxylic acids is 4. The maximum absolute atomic E-state index is 12.2. The third-order valence-corrected chi connectivity index (χ3v) is 4.20. The topological polar surface area (TPSA) is 92.8 Å². The molecule has 0 saturated heterocycles. The summed E-state index contributed by atoms with van der Waals surface area (Å²) in [6.45, 7) is 2.71. The Bertz CT molecular complexity index is 916. The molecule has 0 aliphatic carbocycles. The average molecular weight is 366 g/mol. The van der Waals surface area contributed by atoms with Crippen molar-refractivity contribution in [2.45, 2.75) is 13.8 Å². The Kier molecular flexibility index (Phi) is 5.03. The maximum atomic E-state index is 12.2. The molecule has 1 heterocycles. The van der Waals surface area contributed by atoms with Gasteiger partial charge in [-0.15, -0.1) is 0 Å². The lowest BCUT2D eigenvalue weighted by Gasteiger charge is -2.13. The third-order valence-electron chi connectivity index (χ3n) is 4.20. The molecule has 0 spiro atoms. The smallest absolute Gasteiger partial charge is 0.326 e. The number of rotatable bonds is 5. The molecule has 2 aromatic rings. The molecular weight excluding hydrogens is 348 g/mol. The first-order valence-corrected chi connectivity index (χ1v) is 8.35. The van der Waals surface area contributed by atoms with Gasteiger partial charge in [0.15, 0.2) is 6.61 Å². The molecule has 2 aromatic carbocycles. The van der Waals surface area contributed by atoms with Gasteiger partial charge in [-0.2, -0.15) is 0 Å². The summed E-state index contributed by atoms with van der Waals surface area (Å²) in [4.78, 5) is 49.2. The van der Waals surface area contributed by atoms with Gasteiger partial charge in [-0.1, -0.05) is 24.3 Å². The summed E-state index contributed by atoms with van der Waals surface area (Å²) in [6, 6.07) is 11.9. The van der Waals surface area contributed by atoms with Crippen molar-refractivity contribution in [1.29, 1.82) is 0 Å². The van der Waals surface area contributed by atoms with Crippen LogP contribution in [0.2, 0.25) is 0 Å². The van der Waals surface area contributed by atoms with Crippen LogP contribution in [0.25, 0.3) is 0 Å². The second-order valence-electron chi connectivity index (χ2n) is 6.27. The van der Waals surface area contributed by atoms with Crippen molar-refractivity contribution in [2.24, 2.45) is 0 Å². The van der Waals surface area contributed by atoms with Crippen molar-refractivity contribution < 1.29 is 23.9 Å². The molecule has 1 aliphatic rings. The van der Waals surface area contributed by atoms with Crippen LogP contribution in [0.15, 0.2) is 42.5 Å². The number of carbonyl (C=O) groups is 4. The van der Waals surface area contributed by atoms with Crippen molar-refractivity contribution in [3.63, 3.8) is 0 Å². The maximum Gasteiger partial charge on any atom is 0.326 e. The van der Waals surface area contributed by atoms with E-state index in [1.807, 2.05) is 32.0 Å². The minimum absolute atomic E-state index is 0.253. The molecule has 138 valence electrons. The molecular formula is C20H18N2O5. The van der Waals surface area contributed by atoms with Gasteiger partial charge in [0.1, 0.15) is 6.54 Å². The summed E-state index contributed by atoms with van der Waals surface area (Å²) >= 11 is 0. The summed E-state index contributed by atoms with van der Waals surface area (Å²) in [7, 11) is 0. The zero-order chi connectivity index (χ0) is 19.6. The molecule has 0 fully saturated rings. The van der Waals surface area contributed by atoms with Crippen LogP contribution >= 0.6 is 0 Å². The molecule has 3 rings (SSSR count). The number of imide groups is 1. The molecule has 0 bridgehead atoms. The fraction of sp³-hybridized carbons (Fsp3) is 0.200. The number of esters is 1. The number of benzene rings is 2. The van der Waals surface area contributed by atoms with E-state index in [2.05, 4.69) is 5.32 Å². The summed E-state index contributed by atoms with van der Waals surface area (Å²) in [5.74, 6) is -2.43. The number of hydrogen-bond donors (Lipinski definition) is 1. The molecule has 0 atom stereocenters. The predicted molar refractivity (Wildman–Crippen MR) is 97.3 cm³/mol. The van der Waals surface area contributed by atoms with Crippen LogP contribution < -0.4 is 5.32 Å². The Morgan fingerprint density at radius 1 is 1.00 bits per heavy atom. The van der Waals surface area contributed by atoms with Crippen molar-refractivity contribution in [1.82, 2.24) is 4.90 Å². The summed E-state index contributed by atoms with van der Waals surface area (Å²) in [5, 5.41) is 2.67. The highest BCUT2D eigenvalue weighted by atomic mass is 16.5. The molecule has 0 unspecified atom stereocenters. The highest BCUT2D eigenvalue weighted by Crippen LogP contribution is 2.22. The largest absolute Gasteiger partial charge is 0.454 e. The lowest BCUT2D eigenvalue weighted by molar-refractivity contribution is -0.147. The van der Waals surface area contributed by atoms with Gasteiger partial charge in [0, 0.05) is 5.69 Å². The first-order chi connectivity index (χ1) is 12.9. The Morgan fingerprint density at radius 3 is 2.26 bits per heavy atom. The summed E-state index contributed by atoms with van der Waals surface area (Å²) < 4.78 is 4.91. The zero-order valence-electron chi connectivity index (χ0n) is 14.9. The molecule has 27 heavy (non-hydrogen) atoms. The highest BCUT2D eigenvalue weighted by molar-refractivity contribution is 6.22. The van der Waals surface area contributed by atoms with Gasteiger partial charge in [-0.25, -0.2) is 0 Å². The van der Waals surface area contributed by atoms with E-state index in [1.165, 1.54) is 12.1 Å². The highest BCUT2D eigenvalue weighted by Gasteiger charge is 2.36. The van der Waals surface area contributed by atoms with E-state index in [9.17, 15) is 19.2 Å². The van der Waals surface area contributed by atoms with Crippen molar-refractivity contribution in [3.05, 3.63) is 64.7 Å². The third kappa shape index (κ3) is 3.87. The van der Waals surface area contributed by atoms with E-state index < -0.39 is 36.8 Å². The normalized spacial score (nSPS) is 12.7. The standard InChI is InChI=1S/C20H18N2O5/c1-12-7-8-13(2)16(9-12)21-17(23)11-27-18(24)10-22-19(25)14-5-3-4-6-15(14)20(22)26/h3-9H,10-11H2,1-2H3,(H,21,23). The van der Waals surface area contributed by atoms with Crippen LogP contribution in [0.1, 0.15) is 31.8 Å². The number of ether oxygens (including phenoxy) is 1. The lowest BCUT2D eigenvalue weighted by atomic mass is 10.1. The van der Waals surface area contributed by atoms with E-state index in [4.69, 9.17) is 4.74 Å². The van der Waals surface area contributed by atoms with E-state index >= 15 is 0 Å². The average Bonchev–Trinajstić information content (AvgIpc) is 2.88. The monoisotopic (exact) mass is 366 g/mol. The molecule has 1 aliphatic heterocycles. The Hall–Kier alpha value is -3.48. The fourth-order valence-electron chi connectivity index (χ4n) is 2.76. The number of hydrogen-bond acceptors (Lipinski definition) is 5. The minimum Gasteiger partial charge on any atom is -0.454 e. The Balaban J connectivity index is 1.54. The van der Waals surface area contributed by atoms with Crippen LogP contribution in [-0.4, -0.2) is 41.7 Å². The Labute approximate surface area is 155 Å². The first kappa shape index (κ1) is 18.3. The van der Waals surface area contributed by atoms with Crippen LogP contribution in [-0.2, 0) is 14.3 Å². The van der Waals surface area contributed by atoms with Crippen molar-refractivity contribution in [2.75, 3.05) is 18.5 Å². The van der Waals surface area contributed by atoms with Gasteiger partial charge in [0.25, 0.3) is 17.7 Å². The van der Waals surface area contributed by atoms with E-state index in [-0.39, 0.29) is 11.1 Å². The van der Waals surface area contributed by atoms with Gasteiger partial charge in [-0.05, 0) is 43.2 Å². The molecule has 7 nitrogen and oxygen atoms in total. The molecule has 3 amide bonds. The number of anilines is 1. The van der Waals surface area contributed by atoms with Crippen LogP contribution in [0.5, 0.6) is 0 Å². The fourth-order valence-corrected chi connectivity index (χ4v) is 2.76. The second kappa shape index (κ2) is 7.41. The molecule has 7 heteroatoms. The van der Waals surface area contributed by atoms with Crippen molar-refractivity contribution >= 4 is 29.4 Å². The number of fused-ring (bicyclic) bond motifs is 1. The predicted octanol–water partition coefficient (Wildman–Crippen LogP) is 2.08. The van der Waals surface area contributed by atoms with E-state index in [0.717, 1.165) is 16.0 Å². The molecule has 0 radical (unpaired) electrons. The number of nitrogens with one attached hydrogen (secondary N) is 1. The van der Waals surface area contributed by atoms with Crippen LogP contribution in [0.3, 0.4) is 0 Å². The minimum atomic E-state index is -0.833. The lowest BCUT2D eigenvalue weighted by Crippen LogP contribution is -2.36. The number of amides is 3. The summed E-state index contributed by atoms with van der Waals surface area (Å²) in [6.07, 6.45) is 0.